The van der Waals surface area contributed by atoms with Crippen molar-refractivity contribution in [2.75, 3.05) is 12.3 Å². The number of rotatable bonds is 17. The third-order valence-corrected chi connectivity index (χ3v) is 14.7. The fraction of sp³-hybridized carbons (Fsp3) is 0.0732. The second kappa shape index (κ2) is 26.0. The normalized spacial score (nSPS) is 12.4. The lowest BCUT2D eigenvalue weighted by molar-refractivity contribution is -0.385. The van der Waals surface area contributed by atoms with Crippen LogP contribution in [0.15, 0.2) is 162 Å². The molecule has 0 heterocycles. The summed E-state index contributed by atoms with van der Waals surface area (Å²) < 4.78 is 230. The molecule has 7 aromatic carbocycles. The summed E-state index contributed by atoms with van der Waals surface area (Å²) in [5.41, 5.74) is 1.22. The molecule has 0 aliphatic carbocycles. The van der Waals surface area contributed by atoms with E-state index < -0.39 is 169 Å². The van der Waals surface area contributed by atoms with E-state index in [4.69, 9.17) is 35.7 Å². The third kappa shape index (κ3) is 16.5. The number of ether oxygens (including phenoxy) is 1. The van der Waals surface area contributed by atoms with Crippen LogP contribution in [-0.4, -0.2) is 112 Å². The molecule has 7 aromatic rings. The SMILES string of the molecule is CCCOc1cc(N=Nc2ccc(S(=O)(=O)O)cc2)ccc1N=Nc1c(S(=O)(=O)O)cc2c(S(=O)(=O)O)c(N=Nc3cc(S(=O)(=O)O)c4ccc(N=Nc5ccc([N+](=O)[O-])cc5S(=O)(=O)O)c(O)c4c3N)ccc2c1O.O=S(=O)=O.O=S(=O)=O. The van der Waals surface area contributed by atoms with Gasteiger partial charge in [0.05, 0.1) is 38.9 Å². The highest BCUT2D eigenvalue weighted by Crippen LogP contribution is 2.48. The van der Waals surface area contributed by atoms with Crippen LogP contribution in [0.4, 0.5) is 56.9 Å². The third-order valence-electron chi connectivity index (χ3n) is 10.3. The van der Waals surface area contributed by atoms with Crippen LogP contribution in [0, 0.1) is 10.1 Å². The van der Waals surface area contributed by atoms with Gasteiger partial charge >= 0.3 is 21.2 Å². The van der Waals surface area contributed by atoms with Gasteiger partial charge in [0.1, 0.15) is 59.5 Å². The number of hydrogen-bond acceptors (Lipinski definition) is 30. The maximum Gasteiger partial charge on any atom is 0.425 e. The zero-order valence-corrected chi connectivity index (χ0v) is 46.7. The average Bonchev–Trinajstić information content (AvgIpc) is 2.71. The van der Waals surface area contributed by atoms with Crippen molar-refractivity contribution in [1.29, 1.82) is 0 Å². The van der Waals surface area contributed by atoms with E-state index in [9.17, 15) is 85.2 Å². The molecule has 7 rings (SSSR count). The first-order valence-electron chi connectivity index (χ1n) is 21.5. The molecule has 0 fully saturated rings. The number of anilines is 1. The average molecular weight is 1310 g/mol. The Kier molecular flexibility index (Phi) is 20.3. The molecule has 0 bridgehead atoms. The topological polar surface area (TPSA) is 592 Å². The van der Waals surface area contributed by atoms with Crippen LogP contribution >= 0.6 is 0 Å². The van der Waals surface area contributed by atoms with Crippen LogP contribution in [-0.2, 0) is 71.8 Å². The Morgan fingerprint density at radius 1 is 0.500 bits per heavy atom. The van der Waals surface area contributed by atoms with Crippen LogP contribution in [0.5, 0.6) is 17.2 Å². The molecule has 0 aliphatic rings. The smallest absolute Gasteiger partial charge is 0.425 e. The zero-order valence-electron chi connectivity index (χ0n) is 41.0. The minimum atomic E-state index is -5.58. The first-order valence-corrected chi connectivity index (χ1v) is 30.7. The second-order valence-corrected chi connectivity index (χ2v) is 23.5. The summed E-state index contributed by atoms with van der Waals surface area (Å²) in [7, 11) is -32.2. The maximum absolute atomic E-state index is 13.1. The minimum Gasteiger partial charge on any atom is -0.505 e. The second-order valence-electron chi connectivity index (χ2n) is 15.7. The minimum absolute atomic E-state index is 0.0189. The number of benzene rings is 7. The van der Waals surface area contributed by atoms with E-state index in [1.54, 1.807) is 6.92 Å². The summed E-state index contributed by atoms with van der Waals surface area (Å²) in [5, 5.41) is 62.2. The van der Waals surface area contributed by atoms with Crippen molar-refractivity contribution in [3.8, 4) is 17.2 Å². The van der Waals surface area contributed by atoms with Crippen molar-refractivity contribution in [2.24, 2.45) is 40.9 Å². The van der Waals surface area contributed by atoms with Crippen molar-refractivity contribution >= 4 is 150 Å². The van der Waals surface area contributed by atoms with Gasteiger partial charge in [-0.25, -0.2) is 0 Å². The number of phenolic OH excluding ortho intramolecular Hbond substituents is 2. The first-order chi connectivity index (χ1) is 38.8. The first kappa shape index (κ1) is 65.7. The largest absolute Gasteiger partial charge is 0.505 e. The number of azo groups is 4. The molecule has 0 atom stereocenters. The number of nitrogens with zero attached hydrogens (tertiary/aromatic N) is 9. The van der Waals surface area contributed by atoms with Gasteiger partial charge in [0, 0.05) is 34.4 Å². The molecule has 0 aliphatic heterocycles. The Labute approximate surface area is 473 Å². The molecule has 0 spiro atoms. The van der Waals surface area contributed by atoms with E-state index in [2.05, 4.69) is 40.9 Å². The van der Waals surface area contributed by atoms with Gasteiger partial charge in [0.2, 0.25) is 0 Å². The lowest BCUT2D eigenvalue weighted by Crippen LogP contribution is -2.03. The molecule has 0 saturated carbocycles. The number of hydrogen-bond donors (Lipinski definition) is 8. The fourth-order valence-electron chi connectivity index (χ4n) is 6.87. The van der Waals surface area contributed by atoms with Gasteiger partial charge in [-0.3, -0.25) is 32.9 Å². The molecular formula is C41H32N10O26S7. The Morgan fingerprint density at radius 2 is 0.988 bits per heavy atom. The summed E-state index contributed by atoms with van der Waals surface area (Å²) in [5.74, 6) is -2.17. The summed E-state index contributed by atoms with van der Waals surface area (Å²) in [6, 6.07) is 15.4. The van der Waals surface area contributed by atoms with E-state index in [-0.39, 0.29) is 34.3 Å². The maximum atomic E-state index is 13.1. The molecule has 36 nitrogen and oxygen atoms in total. The van der Waals surface area contributed by atoms with Crippen molar-refractivity contribution < 1.29 is 110 Å². The molecule has 0 saturated heterocycles. The van der Waals surface area contributed by atoms with Crippen molar-refractivity contribution in [2.45, 2.75) is 37.8 Å². The van der Waals surface area contributed by atoms with Crippen LogP contribution in [0.25, 0.3) is 21.5 Å². The van der Waals surface area contributed by atoms with Crippen LogP contribution in [0.2, 0.25) is 0 Å². The number of phenols is 2. The van der Waals surface area contributed by atoms with E-state index in [1.165, 1.54) is 30.3 Å². The van der Waals surface area contributed by atoms with Gasteiger partial charge in [-0.05, 0) is 79.2 Å². The predicted molar refractivity (Wildman–Crippen MR) is 283 cm³/mol. The van der Waals surface area contributed by atoms with E-state index >= 15 is 0 Å². The molecule has 0 unspecified atom stereocenters. The summed E-state index contributed by atoms with van der Waals surface area (Å²) >= 11 is 0. The van der Waals surface area contributed by atoms with Gasteiger partial charge in [-0.2, -0.15) is 52.3 Å². The van der Waals surface area contributed by atoms with E-state index in [0.29, 0.717) is 24.6 Å². The van der Waals surface area contributed by atoms with Crippen LogP contribution < -0.4 is 10.5 Å². The molecular weight excluding hydrogens is 1270 g/mol. The molecule has 0 aromatic heterocycles. The van der Waals surface area contributed by atoms with Gasteiger partial charge in [0.15, 0.2) is 11.5 Å². The summed E-state index contributed by atoms with van der Waals surface area (Å²) in [6.45, 7) is 1.86. The molecule has 84 heavy (non-hydrogen) atoms. The molecule has 0 amide bonds. The Bertz CT molecular complexity index is 4780. The predicted octanol–water partition coefficient (Wildman–Crippen LogP) is 7.57. The highest BCUT2D eigenvalue weighted by Gasteiger charge is 2.29. The van der Waals surface area contributed by atoms with E-state index in [0.717, 1.165) is 48.5 Å². The Balaban J connectivity index is 0.00000151. The number of fused-ring (bicyclic) bond motifs is 2. The monoisotopic (exact) mass is 1300 g/mol. The number of non-ortho nitro benzene ring substituents is 1. The van der Waals surface area contributed by atoms with Gasteiger partial charge in [-0.15, -0.1) is 55.9 Å². The summed E-state index contributed by atoms with van der Waals surface area (Å²) in [4.78, 5) is 5.23. The van der Waals surface area contributed by atoms with Crippen molar-refractivity contribution in [1.82, 2.24) is 0 Å². The van der Waals surface area contributed by atoms with Crippen molar-refractivity contribution in [3.05, 3.63) is 107 Å². The number of nitrogen functional groups attached to an aromatic ring is 1. The highest BCUT2D eigenvalue weighted by atomic mass is 32.2. The number of aromatic hydroxyl groups is 2. The van der Waals surface area contributed by atoms with Gasteiger partial charge < -0.3 is 20.7 Å². The van der Waals surface area contributed by atoms with E-state index in [1.807, 2.05) is 0 Å². The zero-order chi connectivity index (χ0) is 63.0. The molecule has 43 heteroatoms. The van der Waals surface area contributed by atoms with Crippen LogP contribution in [0.1, 0.15) is 13.3 Å². The summed E-state index contributed by atoms with van der Waals surface area (Å²) in [6.07, 6.45) is 0.471. The van der Waals surface area contributed by atoms with Gasteiger partial charge in [0.25, 0.3) is 56.3 Å². The Morgan fingerprint density at radius 3 is 1.54 bits per heavy atom. The lowest BCUT2D eigenvalue weighted by atomic mass is 10.1. The van der Waals surface area contributed by atoms with Crippen LogP contribution in [0.3, 0.4) is 0 Å². The highest BCUT2D eigenvalue weighted by molar-refractivity contribution is 7.87. The Hall–Kier alpha value is -9.15. The quantitative estimate of drug-likeness (QED) is 0.0143. The number of nitrogens with two attached hydrogens (primary N) is 1. The standard InChI is InChI=1S/C41H32N10O20S5.2O3S/c1-2-15-71-32-16-21(44-43-20-3-7-23(8-4-20)72(56,57)58)5-11-27(32)45-50-38-35(75(65,66)67)18-26-24(39(38)52)9-14-30(41(26)76(68,69)70)48-49-31-19-33(73(59,60)61)25-10-13-29(40(53)36(25)37(31)42)47-46-28-12-6-22(51(54)55)17-34(28)74(62,63)64;2*1-4(2)3/h3-14,16-19,52-53H,2,15,42H2,1H3,(H,56,57,58)(H,59,60,61)(H,62,63,64)(H,65,66,67)(H,68,69,70);;. The number of nitro groups is 1. The van der Waals surface area contributed by atoms with Gasteiger partial charge in [-0.1, -0.05) is 13.0 Å². The van der Waals surface area contributed by atoms with Crippen molar-refractivity contribution in [3.63, 3.8) is 0 Å². The molecule has 444 valence electrons. The number of nitro benzene ring substituents is 1. The molecule has 9 N–H and O–H groups in total. The fourth-order valence-corrected chi connectivity index (χ4v) is 10.2. The molecule has 0 radical (unpaired) electrons. The lowest BCUT2D eigenvalue weighted by Gasteiger charge is -2.13.